The van der Waals surface area contributed by atoms with Crippen LogP contribution in [0.4, 0.5) is 4.39 Å². The van der Waals surface area contributed by atoms with Gasteiger partial charge in [-0.1, -0.05) is 24.6 Å². The van der Waals surface area contributed by atoms with Crippen molar-refractivity contribution >= 4 is 38.9 Å². The molecule has 2 rings (SSSR count). The molecule has 0 bridgehead atoms. The Labute approximate surface area is 136 Å². The summed E-state index contributed by atoms with van der Waals surface area (Å²) in [6.45, 7) is 3.08. The maximum absolute atomic E-state index is 13.1. The Morgan fingerprint density at radius 1 is 1.35 bits per heavy atom. The molecule has 20 heavy (non-hydrogen) atoms. The van der Waals surface area contributed by atoms with Gasteiger partial charge in [-0.3, -0.25) is 0 Å². The zero-order valence-electron chi connectivity index (χ0n) is 11.1. The number of hydrogen-bond acceptors (Lipinski definition) is 2. The van der Waals surface area contributed by atoms with Crippen molar-refractivity contribution < 1.29 is 4.39 Å². The lowest BCUT2D eigenvalue weighted by atomic mass is 10.0. The van der Waals surface area contributed by atoms with E-state index in [1.165, 1.54) is 17.0 Å². The van der Waals surface area contributed by atoms with E-state index in [0.717, 1.165) is 28.7 Å². The minimum Gasteiger partial charge on any atom is -0.309 e. The van der Waals surface area contributed by atoms with Crippen molar-refractivity contribution in [2.75, 3.05) is 6.54 Å². The number of hydrogen-bond donors (Lipinski definition) is 1. The van der Waals surface area contributed by atoms with Crippen LogP contribution < -0.4 is 5.32 Å². The average Bonchev–Trinajstić information content (AvgIpc) is 2.83. The van der Waals surface area contributed by atoms with Gasteiger partial charge >= 0.3 is 0 Å². The number of thiophene rings is 1. The second-order valence-electron chi connectivity index (χ2n) is 4.59. The molecule has 0 spiro atoms. The predicted molar refractivity (Wildman–Crippen MR) is 88.2 cm³/mol. The van der Waals surface area contributed by atoms with E-state index in [1.54, 1.807) is 17.4 Å². The first-order valence-corrected chi connectivity index (χ1v) is 8.51. The van der Waals surface area contributed by atoms with Crippen LogP contribution in [0.3, 0.4) is 0 Å². The van der Waals surface area contributed by atoms with E-state index < -0.39 is 0 Å². The molecule has 0 amide bonds. The first kappa shape index (κ1) is 16.0. The van der Waals surface area contributed by atoms with Crippen LogP contribution in [-0.2, 0) is 6.42 Å². The third-order valence-corrected chi connectivity index (χ3v) is 5.11. The van der Waals surface area contributed by atoms with Crippen LogP contribution in [0.15, 0.2) is 34.1 Å². The maximum Gasteiger partial charge on any atom is 0.124 e. The molecule has 0 radical (unpaired) electrons. The van der Waals surface area contributed by atoms with Crippen LogP contribution in [0.5, 0.6) is 0 Å². The van der Waals surface area contributed by atoms with E-state index in [9.17, 15) is 4.39 Å². The molecular formula is C15H16BrClFNS. The summed E-state index contributed by atoms with van der Waals surface area (Å²) in [5.41, 5.74) is 0.964. The van der Waals surface area contributed by atoms with Gasteiger partial charge in [0.1, 0.15) is 5.82 Å². The molecule has 0 fully saturated rings. The van der Waals surface area contributed by atoms with Crippen LogP contribution in [0.25, 0.3) is 0 Å². The van der Waals surface area contributed by atoms with E-state index in [0.29, 0.717) is 5.02 Å². The van der Waals surface area contributed by atoms with Gasteiger partial charge in [0.25, 0.3) is 0 Å². The minimum absolute atomic E-state index is 0.203. The lowest BCUT2D eigenvalue weighted by Gasteiger charge is -2.18. The summed E-state index contributed by atoms with van der Waals surface area (Å²) in [5, 5.41) is 4.02. The molecule has 1 N–H and O–H groups in total. The Morgan fingerprint density at radius 3 is 2.75 bits per heavy atom. The summed E-state index contributed by atoms with van der Waals surface area (Å²) in [6, 6.07) is 8.96. The molecule has 0 saturated carbocycles. The summed E-state index contributed by atoms with van der Waals surface area (Å²) in [7, 11) is 0. The molecule has 1 nitrogen and oxygen atoms in total. The van der Waals surface area contributed by atoms with E-state index in [4.69, 9.17) is 11.6 Å². The van der Waals surface area contributed by atoms with Crippen molar-refractivity contribution in [1.29, 1.82) is 0 Å². The van der Waals surface area contributed by atoms with Gasteiger partial charge in [0, 0.05) is 15.9 Å². The molecule has 1 unspecified atom stereocenters. The summed E-state index contributed by atoms with van der Waals surface area (Å²) >= 11 is 11.3. The van der Waals surface area contributed by atoms with Gasteiger partial charge < -0.3 is 5.32 Å². The molecule has 5 heteroatoms. The highest BCUT2D eigenvalue weighted by Gasteiger charge is 2.15. The Balaban J connectivity index is 2.18. The highest BCUT2D eigenvalue weighted by Crippen LogP contribution is 2.31. The first-order valence-electron chi connectivity index (χ1n) is 6.52. The molecule has 1 aromatic heterocycles. The second-order valence-corrected chi connectivity index (χ2v) is 7.49. The van der Waals surface area contributed by atoms with Gasteiger partial charge in [-0.25, -0.2) is 4.39 Å². The molecule has 0 aliphatic rings. The van der Waals surface area contributed by atoms with Crippen molar-refractivity contribution in [3.63, 3.8) is 0 Å². The molecule has 108 valence electrons. The van der Waals surface area contributed by atoms with Crippen molar-refractivity contribution in [1.82, 2.24) is 5.32 Å². The SMILES string of the molecule is CCCNC(Cc1ccc(F)cc1Cl)c1ccc(Br)s1. The molecular weight excluding hydrogens is 361 g/mol. The largest absolute Gasteiger partial charge is 0.309 e. The van der Waals surface area contributed by atoms with Crippen molar-refractivity contribution in [3.8, 4) is 0 Å². The topological polar surface area (TPSA) is 12.0 Å². The molecule has 1 aromatic carbocycles. The van der Waals surface area contributed by atoms with Gasteiger partial charge in [-0.2, -0.15) is 0 Å². The Kier molecular flexibility index (Phi) is 6.02. The predicted octanol–water partition coefficient (Wildman–Crippen LogP) is 5.59. The summed E-state index contributed by atoms with van der Waals surface area (Å²) in [5.74, 6) is -0.296. The van der Waals surface area contributed by atoms with Gasteiger partial charge in [-0.05, 0) is 65.1 Å². The number of benzene rings is 1. The fourth-order valence-corrected chi connectivity index (χ4v) is 3.76. The monoisotopic (exact) mass is 375 g/mol. The molecule has 0 aliphatic heterocycles. The van der Waals surface area contributed by atoms with Crippen molar-refractivity contribution in [3.05, 3.63) is 55.4 Å². The van der Waals surface area contributed by atoms with Gasteiger partial charge in [0.2, 0.25) is 0 Å². The smallest absolute Gasteiger partial charge is 0.124 e. The zero-order valence-corrected chi connectivity index (χ0v) is 14.3. The van der Waals surface area contributed by atoms with E-state index >= 15 is 0 Å². The van der Waals surface area contributed by atoms with Gasteiger partial charge in [0.15, 0.2) is 0 Å². The molecule has 0 saturated heterocycles. The Morgan fingerprint density at radius 2 is 2.15 bits per heavy atom. The lowest BCUT2D eigenvalue weighted by Crippen LogP contribution is -2.23. The summed E-state index contributed by atoms with van der Waals surface area (Å²) in [6.07, 6.45) is 1.83. The van der Waals surface area contributed by atoms with Gasteiger partial charge in [0.05, 0.1) is 3.79 Å². The summed E-state index contributed by atoms with van der Waals surface area (Å²) in [4.78, 5) is 1.26. The first-order chi connectivity index (χ1) is 9.60. The Bertz CT molecular complexity index is 573. The standard InChI is InChI=1S/C15H16BrClFNS/c1-2-7-19-13(14-5-6-15(16)20-14)8-10-3-4-11(18)9-12(10)17/h3-6,9,13,19H,2,7-8H2,1H3. The highest BCUT2D eigenvalue weighted by molar-refractivity contribution is 9.11. The number of nitrogens with one attached hydrogen (secondary N) is 1. The molecule has 1 atom stereocenters. The highest BCUT2D eigenvalue weighted by atomic mass is 79.9. The molecule has 0 aliphatic carbocycles. The van der Waals surface area contributed by atoms with E-state index in [-0.39, 0.29) is 11.9 Å². The van der Waals surface area contributed by atoms with Gasteiger partial charge in [-0.15, -0.1) is 11.3 Å². The van der Waals surface area contributed by atoms with Crippen LogP contribution in [0, 0.1) is 5.82 Å². The van der Waals surface area contributed by atoms with Crippen LogP contribution in [0.1, 0.15) is 29.8 Å². The summed E-state index contributed by atoms with van der Waals surface area (Å²) < 4.78 is 14.2. The fourth-order valence-electron chi connectivity index (χ4n) is 2.01. The van der Waals surface area contributed by atoms with Crippen molar-refractivity contribution in [2.45, 2.75) is 25.8 Å². The third kappa shape index (κ3) is 4.29. The normalized spacial score (nSPS) is 12.6. The van der Waals surface area contributed by atoms with Crippen LogP contribution in [-0.4, -0.2) is 6.54 Å². The lowest BCUT2D eigenvalue weighted by molar-refractivity contribution is 0.536. The number of rotatable bonds is 6. The minimum atomic E-state index is -0.296. The quantitative estimate of drug-likeness (QED) is 0.693. The van der Waals surface area contributed by atoms with Crippen LogP contribution >= 0.6 is 38.9 Å². The van der Waals surface area contributed by atoms with E-state index in [1.807, 2.05) is 6.07 Å². The number of halogens is 3. The molecule has 2 aromatic rings. The third-order valence-electron chi connectivity index (χ3n) is 3.02. The fraction of sp³-hybridized carbons (Fsp3) is 0.333. The Hall–Kier alpha value is -0.420. The molecule has 1 heterocycles. The maximum atomic E-state index is 13.1. The second kappa shape index (κ2) is 7.55. The van der Waals surface area contributed by atoms with E-state index in [2.05, 4.69) is 34.2 Å². The van der Waals surface area contributed by atoms with Crippen molar-refractivity contribution in [2.24, 2.45) is 0 Å². The van der Waals surface area contributed by atoms with Crippen LogP contribution in [0.2, 0.25) is 5.02 Å². The zero-order chi connectivity index (χ0) is 14.5. The average molecular weight is 377 g/mol.